The lowest BCUT2D eigenvalue weighted by molar-refractivity contribution is -0.126. The number of halogens is 1. The van der Waals surface area contributed by atoms with Gasteiger partial charge in [-0.3, -0.25) is 9.36 Å². The van der Waals surface area contributed by atoms with Crippen molar-refractivity contribution in [2.45, 2.75) is 37.6 Å². The summed E-state index contributed by atoms with van der Waals surface area (Å²) in [6.45, 7) is 0.383. The molecule has 6 heteroatoms. The Morgan fingerprint density at radius 2 is 1.87 bits per heavy atom. The Labute approximate surface area is 180 Å². The van der Waals surface area contributed by atoms with Gasteiger partial charge < -0.3 is 5.32 Å². The van der Waals surface area contributed by atoms with Gasteiger partial charge in [-0.05, 0) is 54.3 Å². The van der Waals surface area contributed by atoms with Gasteiger partial charge in [0.05, 0.1) is 16.4 Å². The first-order valence-electron chi connectivity index (χ1n) is 10.6. The molecule has 0 radical (unpaired) electrons. The van der Waals surface area contributed by atoms with Crippen LogP contribution in [0.15, 0.2) is 73.2 Å². The van der Waals surface area contributed by atoms with Crippen LogP contribution in [0.3, 0.4) is 0 Å². The molecule has 0 saturated heterocycles. The first-order chi connectivity index (χ1) is 15.2. The van der Waals surface area contributed by atoms with Crippen LogP contribution in [0.25, 0.3) is 16.9 Å². The maximum Gasteiger partial charge on any atom is 0.230 e. The highest BCUT2D eigenvalue weighted by Crippen LogP contribution is 2.41. The van der Waals surface area contributed by atoms with Gasteiger partial charge in [-0.2, -0.15) is 0 Å². The largest absolute Gasteiger partial charge is 0.351 e. The van der Waals surface area contributed by atoms with Crippen molar-refractivity contribution in [2.75, 3.05) is 0 Å². The Balaban J connectivity index is 1.32. The number of imidazole rings is 1. The molecule has 1 aliphatic carbocycles. The molecule has 0 unspecified atom stereocenters. The minimum atomic E-state index is -0.648. The summed E-state index contributed by atoms with van der Waals surface area (Å²) in [5, 5.41) is 3.06. The van der Waals surface area contributed by atoms with Gasteiger partial charge >= 0.3 is 0 Å². The molecule has 0 bridgehead atoms. The normalized spacial score (nSPS) is 15.3. The van der Waals surface area contributed by atoms with Crippen LogP contribution in [0.5, 0.6) is 0 Å². The first-order valence-corrected chi connectivity index (χ1v) is 10.6. The fourth-order valence-corrected chi connectivity index (χ4v) is 4.57. The number of amides is 1. The zero-order valence-corrected chi connectivity index (χ0v) is 17.1. The molecular formula is C25H23FN4O. The molecule has 0 spiro atoms. The number of nitrogens with zero attached hydrogens (tertiary/aromatic N) is 3. The second kappa shape index (κ2) is 7.95. The number of aromatic nitrogens is 3. The lowest BCUT2D eigenvalue weighted by Gasteiger charge is -2.28. The van der Waals surface area contributed by atoms with E-state index in [0.717, 1.165) is 53.7 Å². The van der Waals surface area contributed by atoms with Crippen LogP contribution >= 0.6 is 0 Å². The van der Waals surface area contributed by atoms with E-state index < -0.39 is 5.41 Å². The van der Waals surface area contributed by atoms with E-state index >= 15 is 0 Å². The monoisotopic (exact) mass is 414 g/mol. The standard InChI is InChI=1S/C25H23FN4O/c26-20-7-5-6-19(14-20)25(12-3-4-13-25)24(31)28-16-18-10-11-23(27-15-18)30-17-29-21-8-1-2-9-22(21)30/h1-2,5-11,14-15,17H,3-4,12-13,16H2,(H,28,31). The summed E-state index contributed by atoms with van der Waals surface area (Å²) in [5.41, 5.74) is 2.94. The fourth-order valence-electron chi connectivity index (χ4n) is 4.57. The Morgan fingerprint density at radius 1 is 1.03 bits per heavy atom. The molecule has 5 rings (SSSR count). The van der Waals surface area contributed by atoms with Crippen molar-refractivity contribution in [2.24, 2.45) is 0 Å². The maximum atomic E-state index is 13.8. The van der Waals surface area contributed by atoms with Crippen LogP contribution in [0.2, 0.25) is 0 Å². The summed E-state index contributed by atoms with van der Waals surface area (Å²) in [5.74, 6) is 0.430. The van der Waals surface area contributed by atoms with E-state index in [1.165, 1.54) is 12.1 Å². The molecule has 2 heterocycles. The Bertz CT molecular complexity index is 1230. The van der Waals surface area contributed by atoms with E-state index in [4.69, 9.17) is 0 Å². The Hall–Kier alpha value is -3.54. The number of pyridine rings is 1. The molecule has 156 valence electrons. The fraction of sp³-hybridized carbons (Fsp3) is 0.240. The summed E-state index contributed by atoms with van der Waals surface area (Å²) >= 11 is 0. The van der Waals surface area contributed by atoms with Crippen molar-refractivity contribution >= 4 is 16.9 Å². The molecule has 2 aromatic carbocycles. The summed E-state index contributed by atoms with van der Waals surface area (Å²) < 4.78 is 15.7. The van der Waals surface area contributed by atoms with Gasteiger partial charge in [-0.15, -0.1) is 0 Å². The van der Waals surface area contributed by atoms with Gasteiger partial charge in [-0.1, -0.05) is 43.2 Å². The Kier molecular flexibility index (Phi) is 4.98. The molecule has 31 heavy (non-hydrogen) atoms. The maximum absolute atomic E-state index is 13.8. The summed E-state index contributed by atoms with van der Waals surface area (Å²) in [6.07, 6.45) is 6.96. The van der Waals surface area contributed by atoms with Gasteiger partial charge in [0.1, 0.15) is 18.0 Å². The third kappa shape index (κ3) is 3.58. The smallest absolute Gasteiger partial charge is 0.230 e. The van der Waals surface area contributed by atoms with Gasteiger partial charge in [0.15, 0.2) is 0 Å². The number of para-hydroxylation sites is 2. The second-order valence-electron chi connectivity index (χ2n) is 8.11. The molecule has 5 nitrogen and oxygen atoms in total. The molecule has 1 saturated carbocycles. The van der Waals surface area contributed by atoms with Crippen molar-refractivity contribution in [3.05, 3.63) is 90.1 Å². The molecule has 0 aliphatic heterocycles. The van der Waals surface area contributed by atoms with Crippen molar-refractivity contribution in [1.29, 1.82) is 0 Å². The summed E-state index contributed by atoms with van der Waals surface area (Å²) in [6, 6.07) is 18.2. The van der Waals surface area contributed by atoms with E-state index in [1.54, 1.807) is 18.6 Å². The number of hydrogen-bond donors (Lipinski definition) is 1. The van der Waals surface area contributed by atoms with Crippen molar-refractivity contribution in [3.63, 3.8) is 0 Å². The molecule has 0 atom stereocenters. The number of carbonyl (C=O) groups excluding carboxylic acids is 1. The average Bonchev–Trinajstić information content (AvgIpc) is 3.46. The minimum Gasteiger partial charge on any atom is -0.351 e. The van der Waals surface area contributed by atoms with Gasteiger partial charge in [0.25, 0.3) is 0 Å². The number of rotatable bonds is 5. The van der Waals surface area contributed by atoms with E-state index in [0.29, 0.717) is 6.54 Å². The lowest BCUT2D eigenvalue weighted by Crippen LogP contribution is -2.42. The highest BCUT2D eigenvalue weighted by Gasteiger charge is 2.42. The molecule has 2 aromatic heterocycles. The topological polar surface area (TPSA) is 59.8 Å². The van der Waals surface area contributed by atoms with Crippen LogP contribution in [0.4, 0.5) is 4.39 Å². The molecule has 1 fully saturated rings. The number of benzene rings is 2. The van der Waals surface area contributed by atoms with Crippen molar-refractivity contribution in [3.8, 4) is 5.82 Å². The van der Waals surface area contributed by atoms with E-state index in [2.05, 4.69) is 15.3 Å². The molecular weight excluding hydrogens is 391 g/mol. The third-order valence-corrected chi connectivity index (χ3v) is 6.23. The van der Waals surface area contributed by atoms with Gasteiger partial charge in [0.2, 0.25) is 5.91 Å². The highest BCUT2D eigenvalue weighted by molar-refractivity contribution is 5.88. The molecule has 1 amide bonds. The Morgan fingerprint density at radius 3 is 2.65 bits per heavy atom. The minimum absolute atomic E-state index is 0.0414. The zero-order valence-electron chi connectivity index (χ0n) is 17.1. The predicted octanol–water partition coefficient (Wildman–Crippen LogP) is 4.69. The van der Waals surface area contributed by atoms with Crippen LogP contribution in [-0.4, -0.2) is 20.4 Å². The number of fused-ring (bicyclic) bond motifs is 1. The quantitative estimate of drug-likeness (QED) is 0.516. The molecule has 1 aliphatic rings. The molecule has 4 aromatic rings. The summed E-state index contributed by atoms with van der Waals surface area (Å²) in [4.78, 5) is 22.1. The van der Waals surface area contributed by atoms with Crippen molar-refractivity contribution < 1.29 is 9.18 Å². The zero-order chi connectivity index (χ0) is 21.3. The SMILES string of the molecule is O=C(NCc1ccc(-n2cnc3ccccc32)nc1)C1(c2cccc(F)c2)CCCC1. The van der Waals surface area contributed by atoms with E-state index in [-0.39, 0.29) is 11.7 Å². The second-order valence-corrected chi connectivity index (χ2v) is 8.11. The van der Waals surface area contributed by atoms with Gasteiger partial charge in [-0.25, -0.2) is 14.4 Å². The number of nitrogens with one attached hydrogen (secondary N) is 1. The molecule has 1 N–H and O–H groups in total. The highest BCUT2D eigenvalue weighted by atomic mass is 19.1. The third-order valence-electron chi connectivity index (χ3n) is 6.23. The van der Waals surface area contributed by atoms with Crippen LogP contribution in [-0.2, 0) is 16.8 Å². The van der Waals surface area contributed by atoms with Crippen molar-refractivity contribution in [1.82, 2.24) is 19.9 Å². The predicted molar refractivity (Wildman–Crippen MR) is 117 cm³/mol. The van der Waals surface area contributed by atoms with Crippen LogP contribution < -0.4 is 5.32 Å². The first kappa shape index (κ1) is 19.4. The number of hydrogen-bond acceptors (Lipinski definition) is 3. The van der Waals surface area contributed by atoms with Crippen LogP contribution in [0, 0.1) is 5.82 Å². The van der Waals surface area contributed by atoms with Gasteiger partial charge in [0, 0.05) is 12.7 Å². The number of carbonyl (C=O) groups is 1. The lowest BCUT2D eigenvalue weighted by atomic mass is 9.78. The summed E-state index contributed by atoms with van der Waals surface area (Å²) in [7, 11) is 0. The van der Waals surface area contributed by atoms with E-state index in [9.17, 15) is 9.18 Å². The average molecular weight is 414 g/mol. The van der Waals surface area contributed by atoms with E-state index in [1.807, 2.05) is 47.0 Å². The van der Waals surface area contributed by atoms with Crippen LogP contribution in [0.1, 0.15) is 36.8 Å².